The van der Waals surface area contributed by atoms with Crippen LogP contribution in [0.1, 0.15) is 26.7 Å². The quantitative estimate of drug-likeness (QED) is 0.649. The van der Waals surface area contributed by atoms with Crippen molar-refractivity contribution in [3.05, 3.63) is 23.5 Å². The number of carbonyl (C=O) groups is 1. The van der Waals surface area contributed by atoms with Gasteiger partial charge in [-0.3, -0.25) is 4.79 Å². The zero-order chi connectivity index (χ0) is 9.30. The summed E-state index contributed by atoms with van der Waals surface area (Å²) in [5.74, 6) is -0.242. The second-order valence-corrected chi connectivity index (χ2v) is 3.41. The lowest BCUT2D eigenvalue weighted by Gasteiger charge is -2.19. The summed E-state index contributed by atoms with van der Waals surface area (Å²) in [6, 6.07) is 0. The van der Waals surface area contributed by atoms with E-state index in [1.807, 2.05) is 13.8 Å². The van der Waals surface area contributed by atoms with E-state index in [2.05, 4.69) is 6.58 Å². The third kappa shape index (κ3) is 1.42. The van der Waals surface area contributed by atoms with Gasteiger partial charge in [0.25, 0.3) is 0 Å². The van der Waals surface area contributed by atoms with Gasteiger partial charge in [0.05, 0.1) is 0 Å². The number of hydrogen-bond donors (Lipinski definition) is 1. The first-order valence-electron chi connectivity index (χ1n) is 4.16. The maximum atomic E-state index is 11.3. The summed E-state index contributed by atoms with van der Waals surface area (Å²) in [5.41, 5.74) is 1.53. The highest BCUT2D eigenvalue weighted by Crippen LogP contribution is 2.28. The molecule has 12 heavy (non-hydrogen) atoms. The minimum absolute atomic E-state index is 0.0342. The average molecular weight is 166 g/mol. The number of allylic oxidation sites excluding steroid dienone is 3. The molecule has 0 spiro atoms. The fraction of sp³-hybridized carbons (Fsp3) is 0.500. The Balaban J connectivity index is 3.01. The van der Waals surface area contributed by atoms with Gasteiger partial charge in [0.15, 0.2) is 11.5 Å². The molecule has 1 aliphatic rings. The van der Waals surface area contributed by atoms with Gasteiger partial charge in [0.1, 0.15) is 0 Å². The van der Waals surface area contributed by atoms with Gasteiger partial charge in [0, 0.05) is 5.92 Å². The third-order valence-electron chi connectivity index (χ3n) is 2.31. The normalized spacial score (nSPS) is 24.5. The summed E-state index contributed by atoms with van der Waals surface area (Å²) in [6.45, 7) is 7.37. The molecule has 1 aliphatic carbocycles. The van der Waals surface area contributed by atoms with Crippen LogP contribution < -0.4 is 0 Å². The van der Waals surface area contributed by atoms with Crippen molar-refractivity contribution in [1.29, 1.82) is 0 Å². The van der Waals surface area contributed by atoms with E-state index in [9.17, 15) is 9.90 Å². The van der Waals surface area contributed by atoms with Crippen molar-refractivity contribution in [2.24, 2.45) is 5.92 Å². The van der Waals surface area contributed by atoms with Gasteiger partial charge in [0.2, 0.25) is 0 Å². The van der Waals surface area contributed by atoms with Crippen LogP contribution in [0.5, 0.6) is 0 Å². The van der Waals surface area contributed by atoms with Gasteiger partial charge >= 0.3 is 0 Å². The van der Waals surface area contributed by atoms with Gasteiger partial charge in [-0.2, -0.15) is 0 Å². The summed E-state index contributed by atoms with van der Waals surface area (Å²) in [5, 5.41) is 9.45. The van der Waals surface area contributed by atoms with Crippen LogP contribution in [-0.2, 0) is 4.79 Å². The van der Waals surface area contributed by atoms with Crippen molar-refractivity contribution in [2.75, 3.05) is 0 Å². The van der Waals surface area contributed by atoms with Crippen LogP contribution >= 0.6 is 0 Å². The Labute approximate surface area is 72.6 Å². The molecule has 66 valence electrons. The first-order valence-corrected chi connectivity index (χ1v) is 4.16. The number of Topliss-reactive ketones (excluding diaryl/α,β-unsaturated/α-hetero) is 1. The first kappa shape index (κ1) is 9.04. The Morgan fingerprint density at radius 3 is 2.75 bits per heavy atom. The molecule has 0 amide bonds. The Morgan fingerprint density at radius 1 is 1.67 bits per heavy atom. The molecule has 2 nitrogen and oxygen atoms in total. The minimum Gasteiger partial charge on any atom is -0.504 e. The summed E-state index contributed by atoms with van der Waals surface area (Å²) >= 11 is 0. The van der Waals surface area contributed by atoms with Crippen LogP contribution in [0.15, 0.2) is 23.5 Å². The van der Waals surface area contributed by atoms with E-state index < -0.39 is 0 Å². The summed E-state index contributed by atoms with van der Waals surface area (Å²) in [6.07, 6.45) is 1.60. The zero-order valence-corrected chi connectivity index (χ0v) is 7.55. The Hall–Kier alpha value is -1.05. The Kier molecular flexibility index (Phi) is 2.36. The van der Waals surface area contributed by atoms with Gasteiger partial charge in [-0.25, -0.2) is 0 Å². The van der Waals surface area contributed by atoms with Gasteiger partial charge in [-0.05, 0) is 25.3 Å². The second-order valence-electron chi connectivity index (χ2n) is 3.41. The van der Waals surface area contributed by atoms with Crippen molar-refractivity contribution in [3.8, 4) is 0 Å². The van der Waals surface area contributed by atoms with Gasteiger partial charge < -0.3 is 5.11 Å². The molecule has 0 aliphatic heterocycles. The number of rotatable bonds is 1. The fourth-order valence-electron chi connectivity index (χ4n) is 1.41. The maximum absolute atomic E-state index is 11.3. The molecule has 0 bridgehead atoms. The number of aliphatic hydroxyl groups excluding tert-OH is 1. The van der Waals surface area contributed by atoms with E-state index in [4.69, 9.17) is 0 Å². The van der Waals surface area contributed by atoms with Crippen molar-refractivity contribution < 1.29 is 9.90 Å². The molecule has 2 heteroatoms. The molecule has 0 saturated carbocycles. The lowest BCUT2D eigenvalue weighted by Crippen LogP contribution is -2.20. The fourth-order valence-corrected chi connectivity index (χ4v) is 1.41. The molecule has 0 aromatic carbocycles. The molecule has 0 saturated heterocycles. The maximum Gasteiger partial charge on any atom is 0.200 e. The molecule has 0 radical (unpaired) electrons. The van der Waals surface area contributed by atoms with E-state index in [0.717, 1.165) is 24.0 Å². The smallest absolute Gasteiger partial charge is 0.200 e. The lowest BCUT2D eigenvalue weighted by atomic mass is 9.86. The first-order chi connectivity index (χ1) is 5.54. The molecule has 0 fully saturated rings. The van der Waals surface area contributed by atoms with E-state index >= 15 is 0 Å². The van der Waals surface area contributed by atoms with Crippen molar-refractivity contribution in [3.63, 3.8) is 0 Å². The van der Waals surface area contributed by atoms with Crippen LogP contribution in [0.25, 0.3) is 0 Å². The van der Waals surface area contributed by atoms with Crippen molar-refractivity contribution in [1.82, 2.24) is 0 Å². The van der Waals surface area contributed by atoms with E-state index in [1.165, 1.54) is 0 Å². The largest absolute Gasteiger partial charge is 0.504 e. The molecule has 1 rings (SSSR count). The standard InChI is InChI=1S/C10H14O2/c1-6(2)8-5-4-7(3)9(11)10(8)12/h7,12H,1,4-5H2,2-3H3. The highest BCUT2D eigenvalue weighted by molar-refractivity contribution is 5.96. The predicted molar refractivity (Wildman–Crippen MR) is 47.9 cm³/mol. The zero-order valence-electron chi connectivity index (χ0n) is 7.55. The van der Waals surface area contributed by atoms with E-state index in [-0.39, 0.29) is 17.5 Å². The van der Waals surface area contributed by atoms with Gasteiger partial charge in [-0.15, -0.1) is 0 Å². The van der Waals surface area contributed by atoms with Crippen LogP contribution in [0.3, 0.4) is 0 Å². The summed E-state index contributed by atoms with van der Waals surface area (Å²) in [4.78, 5) is 11.3. The molecule has 1 atom stereocenters. The molecule has 0 aromatic rings. The molecule has 0 aromatic heterocycles. The van der Waals surface area contributed by atoms with Crippen LogP contribution in [0.2, 0.25) is 0 Å². The number of hydrogen-bond acceptors (Lipinski definition) is 2. The summed E-state index contributed by atoms with van der Waals surface area (Å²) < 4.78 is 0. The molecule has 0 heterocycles. The van der Waals surface area contributed by atoms with Crippen LogP contribution in [0, 0.1) is 5.92 Å². The second kappa shape index (κ2) is 3.13. The van der Waals surface area contributed by atoms with Crippen LogP contribution in [0.4, 0.5) is 0 Å². The lowest BCUT2D eigenvalue weighted by molar-refractivity contribution is -0.122. The highest BCUT2D eigenvalue weighted by Gasteiger charge is 2.26. The van der Waals surface area contributed by atoms with Crippen molar-refractivity contribution >= 4 is 5.78 Å². The van der Waals surface area contributed by atoms with Gasteiger partial charge in [-0.1, -0.05) is 19.1 Å². The SMILES string of the molecule is C=C(C)C1=C(O)C(=O)C(C)CC1. The number of ketones is 1. The molecule has 1 N–H and O–H groups in total. The van der Waals surface area contributed by atoms with Crippen LogP contribution in [-0.4, -0.2) is 10.9 Å². The predicted octanol–water partition coefficient (Wildman–Crippen LogP) is 2.37. The van der Waals surface area contributed by atoms with E-state index in [0.29, 0.717) is 0 Å². The third-order valence-corrected chi connectivity index (χ3v) is 2.31. The van der Waals surface area contributed by atoms with E-state index in [1.54, 1.807) is 0 Å². The Bertz CT molecular complexity index is 261. The van der Waals surface area contributed by atoms with Crippen molar-refractivity contribution in [2.45, 2.75) is 26.7 Å². The number of carbonyl (C=O) groups excluding carboxylic acids is 1. The topological polar surface area (TPSA) is 37.3 Å². The minimum atomic E-state index is -0.140. The molecular weight excluding hydrogens is 152 g/mol. The monoisotopic (exact) mass is 166 g/mol. The highest BCUT2D eigenvalue weighted by atomic mass is 16.3. The number of aliphatic hydroxyl groups is 1. The molecular formula is C10H14O2. The average Bonchev–Trinajstić information content (AvgIpc) is 2.00. The Morgan fingerprint density at radius 2 is 2.25 bits per heavy atom. The summed E-state index contributed by atoms with van der Waals surface area (Å²) in [7, 11) is 0. The molecule has 1 unspecified atom stereocenters.